The third-order valence-electron chi connectivity index (χ3n) is 5.14. The van der Waals surface area contributed by atoms with E-state index in [2.05, 4.69) is 27.5 Å². The number of rotatable bonds is 9. The van der Waals surface area contributed by atoms with Crippen molar-refractivity contribution in [2.24, 2.45) is 10.9 Å². The molecular formula is C22H31N5O3. The number of fused-ring (bicyclic) bond motifs is 1. The van der Waals surface area contributed by atoms with Crippen molar-refractivity contribution in [1.29, 1.82) is 0 Å². The van der Waals surface area contributed by atoms with Crippen molar-refractivity contribution in [3.8, 4) is 5.75 Å². The van der Waals surface area contributed by atoms with E-state index >= 15 is 0 Å². The quantitative estimate of drug-likeness (QED) is 0.503. The number of aliphatic hydroxyl groups is 1. The first-order valence-electron chi connectivity index (χ1n) is 10.2. The number of nitrogens with zero attached hydrogens (tertiary/aromatic N) is 2. The number of aromatic nitrogens is 1. The highest BCUT2D eigenvalue weighted by atomic mass is 16.5. The number of allylic oxidation sites excluding steroid dienone is 1. The van der Waals surface area contributed by atoms with Crippen LogP contribution in [0.3, 0.4) is 0 Å². The molecule has 0 spiro atoms. The molecule has 0 aliphatic carbocycles. The average molecular weight is 414 g/mol. The first kappa shape index (κ1) is 21.9. The van der Waals surface area contributed by atoms with Gasteiger partial charge in [-0.15, -0.1) is 0 Å². The second kappa shape index (κ2) is 9.77. The number of carbonyl (C=O) groups excluding carboxylic acids is 1. The highest BCUT2D eigenvalue weighted by Gasteiger charge is 2.25. The van der Waals surface area contributed by atoms with Gasteiger partial charge in [0.2, 0.25) is 5.91 Å². The molecule has 2 heterocycles. The van der Waals surface area contributed by atoms with Gasteiger partial charge in [-0.25, -0.2) is 4.99 Å². The molecule has 3 atom stereocenters. The number of ether oxygens (including phenoxy) is 1. The Morgan fingerprint density at radius 2 is 2.17 bits per heavy atom. The standard InChI is InChI=1S/C22H31N5O3/c1-14(2)21(29)26-22-23-8-5-9-27(22)20(28)13-24-15(3)10-16-12-25-19-7-6-17(30-4)11-18(16)19/h5-9,11-12,14-15,20,22,24-25,28H,10,13H2,1-4H3,(H,26,29)/t15-,20?,22+/m1/s1. The fourth-order valence-corrected chi connectivity index (χ4v) is 3.36. The lowest BCUT2D eigenvalue weighted by Crippen LogP contribution is -2.53. The zero-order chi connectivity index (χ0) is 21.7. The first-order chi connectivity index (χ1) is 14.4. The van der Waals surface area contributed by atoms with Gasteiger partial charge in [-0.05, 0) is 43.2 Å². The molecule has 0 saturated heterocycles. The van der Waals surface area contributed by atoms with Gasteiger partial charge in [0.15, 0.2) is 6.29 Å². The topological polar surface area (TPSA) is 102 Å². The minimum Gasteiger partial charge on any atom is -0.497 e. The maximum atomic E-state index is 12.0. The van der Waals surface area contributed by atoms with Gasteiger partial charge in [0.25, 0.3) is 0 Å². The molecule has 1 aliphatic rings. The summed E-state index contributed by atoms with van der Waals surface area (Å²) in [6, 6.07) is 6.10. The monoisotopic (exact) mass is 413 g/mol. The van der Waals surface area contributed by atoms with Gasteiger partial charge in [0.1, 0.15) is 12.0 Å². The Morgan fingerprint density at radius 1 is 1.37 bits per heavy atom. The average Bonchev–Trinajstić information content (AvgIpc) is 3.14. The molecule has 8 nitrogen and oxygen atoms in total. The van der Waals surface area contributed by atoms with E-state index in [1.165, 1.54) is 5.56 Å². The van der Waals surface area contributed by atoms with Gasteiger partial charge >= 0.3 is 0 Å². The molecule has 1 aromatic carbocycles. The van der Waals surface area contributed by atoms with Crippen LogP contribution < -0.4 is 15.4 Å². The maximum absolute atomic E-state index is 12.0. The van der Waals surface area contributed by atoms with Crippen molar-refractivity contribution < 1.29 is 14.6 Å². The van der Waals surface area contributed by atoms with Crippen molar-refractivity contribution >= 4 is 23.0 Å². The summed E-state index contributed by atoms with van der Waals surface area (Å²) in [7, 11) is 1.66. The molecule has 2 aromatic rings. The summed E-state index contributed by atoms with van der Waals surface area (Å²) >= 11 is 0. The van der Waals surface area contributed by atoms with Crippen LogP contribution in [0.25, 0.3) is 10.9 Å². The van der Waals surface area contributed by atoms with Gasteiger partial charge in [-0.2, -0.15) is 0 Å². The van der Waals surface area contributed by atoms with Crippen LogP contribution in [0.2, 0.25) is 0 Å². The number of benzene rings is 1. The Hall–Kier alpha value is -2.84. The zero-order valence-electron chi connectivity index (χ0n) is 17.9. The predicted octanol–water partition coefficient (Wildman–Crippen LogP) is 1.97. The normalized spacial score (nSPS) is 18.1. The number of carbonyl (C=O) groups is 1. The number of hydrogen-bond acceptors (Lipinski definition) is 6. The number of amides is 1. The zero-order valence-corrected chi connectivity index (χ0v) is 17.9. The second-order valence-electron chi connectivity index (χ2n) is 7.84. The number of aromatic amines is 1. The largest absolute Gasteiger partial charge is 0.497 e. The van der Waals surface area contributed by atoms with Gasteiger partial charge in [-0.1, -0.05) is 13.8 Å². The van der Waals surface area contributed by atoms with Crippen LogP contribution in [-0.2, 0) is 11.2 Å². The molecule has 0 bridgehead atoms. The summed E-state index contributed by atoms with van der Waals surface area (Å²) in [6.07, 6.45) is 6.46. The highest BCUT2D eigenvalue weighted by Crippen LogP contribution is 2.24. The Balaban J connectivity index is 1.57. The molecule has 1 aromatic heterocycles. The second-order valence-corrected chi connectivity index (χ2v) is 7.84. The lowest BCUT2D eigenvalue weighted by atomic mass is 10.1. The van der Waals surface area contributed by atoms with E-state index in [1.54, 1.807) is 30.5 Å². The van der Waals surface area contributed by atoms with E-state index in [9.17, 15) is 9.90 Å². The van der Waals surface area contributed by atoms with Crippen LogP contribution >= 0.6 is 0 Å². The van der Waals surface area contributed by atoms with E-state index < -0.39 is 12.5 Å². The molecular weight excluding hydrogens is 382 g/mol. The fraction of sp³-hybridized carbons (Fsp3) is 0.455. The molecule has 4 N–H and O–H groups in total. The molecule has 1 amide bonds. The van der Waals surface area contributed by atoms with Crippen LogP contribution in [0.1, 0.15) is 26.3 Å². The minimum atomic E-state index is -0.832. The third-order valence-corrected chi connectivity index (χ3v) is 5.14. The van der Waals surface area contributed by atoms with Crippen LogP contribution in [0, 0.1) is 5.92 Å². The van der Waals surface area contributed by atoms with Crippen molar-refractivity contribution in [1.82, 2.24) is 20.5 Å². The maximum Gasteiger partial charge on any atom is 0.225 e. The molecule has 0 saturated carbocycles. The van der Waals surface area contributed by atoms with Crippen molar-refractivity contribution in [3.05, 3.63) is 42.2 Å². The lowest BCUT2D eigenvalue weighted by Gasteiger charge is -2.34. The summed E-state index contributed by atoms with van der Waals surface area (Å²) in [6.45, 7) is 6.05. The van der Waals surface area contributed by atoms with Gasteiger partial charge < -0.3 is 30.4 Å². The summed E-state index contributed by atoms with van der Waals surface area (Å²) in [5.41, 5.74) is 2.25. The van der Waals surface area contributed by atoms with Crippen LogP contribution in [0.5, 0.6) is 5.75 Å². The van der Waals surface area contributed by atoms with Gasteiger partial charge in [0, 0.05) is 48.0 Å². The number of aliphatic hydroxyl groups excluding tert-OH is 1. The Kier molecular flexibility index (Phi) is 7.12. The molecule has 8 heteroatoms. The molecule has 1 unspecified atom stereocenters. The molecule has 0 fully saturated rings. The SMILES string of the molecule is COc1ccc2[nH]cc(C[C@@H](C)NCC(O)N3C=CC=N[C@H]3NC(=O)C(C)C)c2c1. The van der Waals surface area contributed by atoms with E-state index in [1.807, 2.05) is 38.2 Å². The van der Waals surface area contributed by atoms with E-state index in [-0.39, 0.29) is 17.9 Å². The van der Waals surface area contributed by atoms with Crippen LogP contribution in [0.15, 0.2) is 41.7 Å². The molecule has 3 rings (SSSR count). The van der Waals surface area contributed by atoms with Crippen LogP contribution in [-0.4, -0.2) is 59.3 Å². The lowest BCUT2D eigenvalue weighted by molar-refractivity contribution is -0.126. The van der Waals surface area contributed by atoms with Gasteiger partial charge in [-0.3, -0.25) is 4.79 Å². The molecule has 162 valence electrons. The Bertz CT molecular complexity index is 921. The summed E-state index contributed by atoms with van der Waals surface area (Å²) in [5.74, 6) is 0.560. The smallest absolute Gasteiger partial charge is 0.225 e. The van der Waals surface area contributed by atoms with E-state index in [0.29, 0.717) is 6.54 Å². The third kappa shape index (κ3) is 5.20. The first-order valence-corrected chi connectivity index (χ1v) is 10.2. The number of methoxy groups -OCH3 is 1. The number of hydrogen-bond donors (Lipinski definition) is 4. The Labute approximate surface area is 177 Å². The van der Waals surface area contributed by atoms with E-state index in [0.717, 1.165) is 23.1 Å². The molecule has 0 radical (unpaired) electrons. The minimum absolute atomic E-state index is 0.110. The summed E-state index contributed by atoms with van der Waals surface area (Å²) in [4.78, 5) is 21.2. The van der Waals surface area contributed by atoms with Gasteiger partial charge in [0.05, 0.1) is 7.11 Å². The van der Waals surface area contributed by atoms with Crippen LogP contribution in [0.4, 0.5) is 0 Å². The molecule has 30 heavy (non-hydrogen) atoms. The van der Waals surface area contributed by atoms with Crippen molar-refractivity contribution in [2.45, 2.75) is 45.8 Å². The van der Waals surface area contributed by atoms with Crippen molar-refractivity contribution in [2.75, 3.05) is 13.7 Å². The number of aliphatic imine (C=N–C) groups is 1. The number of nitrogens with one attached hydrogen (secondary N) is 3. The number of H-pyrrole nitrogens is 1. The fourth-order valence-electron chi connectivity index (χ4n) is 3.36. The van der Waals surface area contributed by atoms with E-state index in [4.69, 9.17) is 4.74 Å². The highest BCUT2D eigenvalue weighted by molar-refractivity contribution is 5.84. The summed E-state index contributed by atoms with van der Waals surface area (Å²) < 4.78 is 5.33. The Morgan fingerprint density at radius 3 is 2.90 bits per heavy atom. The summed E-state index contributed by atoms with van der Waals surface area (Å²) in [5, 5.41) is 18.0. The predicted molar refractivity (Wildman–Crippen MR) is 118 cm³/mol. The van der Waals surface area contributed by atoms with Crippen molar-refractivity contribution in [3.63, 3.8) is 0 Å². The molecule has 1 aliphatic heterocycles.